The third-order valence-corrected chi connectivity index (χ3v) is 8.84. The fourth-order valence-corrected chi connectivity index (χ4v) is 5.77. The molecule has 0 aliphatic heterocycles. The van der Waals surface area contributed by atoms with E-state index in [0.29, 0.717) is 32.5 Å². The average molecular weight is 639 g/mol. The van der Waals surface area contributed by atoms with E-state index < -0.39 is 11.7 Å². The molecule has 0 radical (unpaired) electrons. The summed E-state index contributed by atoms with van der Waals surface area (Å²) in [7, 11) is 0. The van der Waals surface area contributed by atoms with Gasteiger partial charge in [-0.2, -0.15) is 0 Å². The highest BCUT2D eigenvalue weighted by atomic mass is 19.1. The van der Waals surface area contributed by atoms with Crippen molar-refractivity contribution in [2.24, 2.45) is 0 Å². The first-order valence-electron chi connectivity index (χ1n) is 18.7. The first kappa shape index (κ1) is 41.3. The Morgan fingerprint density at radius 1 is 0.533 bits per heavy atom. The fraction of sp³-hybridized carbons (Fsp3) is 0.816. The average Bonchev–Trinajstić information content (AvgIpc) is 3.77. The summed E-state index contributed by atoms with van der Waals surface area (Å²) in [6.45, 7) is 4.42. The Labute approximate surface area is 274 Å². The van der Waals surface area contributed by atoms with E-state index in [1.165, 1.54) is 102 Å². The molecule has 1 aliphatic rings. The minimum absolute atomic E-state index is 0.111. The second kappa shape index (κ2) is 29.7. The molecule has 1 saturated carbocycles. The standard InChI is InChI=1S/C38H68F2N2O3/c1-33(34(39)28-24-20-16-12-8-4-2-6-10-14-18-22-26-30-43)41-36-32-37(36)42-38(45)35(40)29-25-21-17-13-9-5-3-7-11-15-19-23-27-31-44/h28-29,36-37,41,43-44H,1-27,30-32H2,(H,42,45)/b34-28+,35-29+/t36-,37+/m1/s1. The number of aliphatic hydroxyl groups is 2. The molecule has 262 valence electrons. The number of hydrogen-bond donors (Lipinski definition) is 4. The van der Waals surface area contributed by atoms with Crippen LogP contribution in [0.5, 0.6) is 0 Å². The van der Waals surface area contributed by atoms with Crippen LogP contribution in [-0.2, 0) is 4.79 Å². The molecule has 1 fully saturated rings. The van der Waals surface area contributed by atoms with Crippen molar-refractivity contribution in [1.29, 1.82) is 0 Å². The molecule has 0 heterocycles. The minimum atomic E-state index is -0.727. The number of unbranched alkanes of at least 4 members (excludes halogenated alkanes) is 24. The van der Waals surface area contributed by atoms with Crippen molar-refractivity contribution in [3.05, 3.63) is 36.1 Å². The molecule has 0 aromatic rings. The topological polar surface area (TPSA) is 81.6 Å². The molecule has 2 atom stereocenters. The lowest BCUT2D eigenvalue weighted by molar-refractivity contribution is -0.119. The zero-order valence-corrected chi connectivity index (χ0v) is 28.6. The zero-order chi connectivity index (χ0) is 32.8. The molecule has 0 aromatic heterocycles. The van der Waals surface area contributed by atoms with Crippen LogP contribution in [0, 0.1) is 0 Å². The van der Waals surface area contributed by atoms with Crippen LogP contribution < -0.4 is 10.6 Å². The van der Waals surface area contributed by atoms with Gasteiger partial charge in [0.05, 0.1) is 11.7 Å². The zero-order valence-electron chi connectivity index (χ0n) is 28.6. The van der Waals surface area contributed by atoms with Crippen molar-refractivity contribution in [2.75, 3.05) is 13.2 Å². The maximum Gasteiger partial charge on any atom is 0.279 e. The number of hydrogen-bond acceptors (Lipinski definition) is 4. The third kappa shape index (κ3) is 25.1. The third-order valence-electron chi connectivity index (χ3n) is 8.84. The van der Waals surface area contributed by atoms with Crippen LogP contribution >= 0.6 is 0 Å². The Balaban J connectivity index is 1.98. The van der Waals surface area contributed by atoms with Gasteiger partial charge in [0.1, 0.15) is 5.83 Å². The second-order valence-corrected chi connectivity index (χ2v) is 13.2. The Kier molecular flexibility index (Phi) is 27.2. The summed E-state index contributed by atoms with van der Waals surface area (Å²) < 4.78 is 28.7. The van der Waals surface area contributed by atoms with E-state index in [1.807, 2.05) is 0 Å². The SMILES string of the molecule is C=C(N[C@@H]1C[C@@H]1NC(=O)/C(F)=C\CCCCCCCCCCCCCCO)/C(F)=C\CCCCCCCCCCCCCCO. The van der Waals surface area contributed by atoms with Gasteiger partial charge in [-0.25, -0.2) is 8.78 Å². The predicted octanol–water partition coefficient (Wildman–Crippen LogP) is 10.2. The molecule has 0 bridgehead atoms. The van der Waals surface area contributed by atoms with E-state index in [4.69, 9.17) is 10.2 Å². The molecule has 0 saturated heterocycles. The van der Waals surface area contributed by atoms with Gasteiger partial charge in [0.15, 0.2) is 5.83 Å². The van der Waals surface area contributed by atoms with E-state index >= 15 is 0 Å². The highest BCUT2D eigenvalue weighted by Gasteiger charge is 2.39. The van der Waals surface area contributed by atoms with Crippen molar-refractivity contribution in [3.63, 3.8) is 0 Å². The summed E-state index contributed by atoms with van der Waals surface area (Å²) in [4.78, 5) is 12.2. The molecule has 45 heavy (non-hydrogen) atoms. The van der Waals surface area contributed by atoms with Crippen LogP contribution in [0.4, 0.5) is 8.78 Å². The molecule has 4 N–H and O–H groups in total. The van der Waals surface area contributed by atoms with Gasteiger partial charge in [0, 0.05) is 19.3 Å². The predicted molar refractivity (Wildman–Crippen MR) is 185 cm³/mol. The van der Waals surface area contributed by atoms with Gasteiger partial charge in [-0.1, -0.05) is 135 Å². The number of carbonyl (C=O) groups excluding carboxylic acids is 1. The summed E-state index contributed by atoms with van der Waals surface area (Å²) in [6, 6.07) is -0.312. The van der Waals surface area contributed by atoms with Crippen LogP contribution in [0.1, 0.15) is 173 Å². The number of rotatable bonds is 33. The van der Waals surface area contributed by atoms with Crippen LogP contribution in [0.15, 0.2) is 36.1 Å². The number of allylic oxidation sites excluding steroid dienone is 3. The van der Waals surface area contributed by atoms with Gasteiger partial charge >= 0.3 is 0 Å². The van der Waals surface area contributed by atoms with Crippen molar-refractivity contribution < 1.29 is 23.8 Å². The van der Waals surface area contributed by atoms with Crippen LogP contribution in [0.3, 0.4) is 0 Å². The summed E-state index contributed by atoms with van der Waals surface area (Å²) >= 11 is 0. The highest BCUT2D eigenvalue weighted by molar-refractivity contribution is 5.91. The molecule has 7 heteroatoms. The van der Waals surface area contributed by atoms with Gasteiger partial charge in [-0.05, 0) is 57.1 Å². The second-order valence-electron chi connectivity index (χ2n) is 13.2. The number of nitrogens with one attached hydrogen (secondary N) is 2. The summed E-state index contributed by atoms with van der Waals surface area (Å²) in [5, 5.41) is 23.3. The fourth-order valence-electron chi connectivity index (χ4n) is 5.77. The quantitative estimate of drug-likeness (QED) is 0.0328. The smallest absolute Gasteiger partial charge is 0.279 e. The molecular weight excluding hydrogens is 570 g/mol. The van der Waals surface area contributed by atoms with Crippen molar-refractivity contribution in [2.45, 2.75) is 185 Å². The maximum absolute atomic E-state index is 14.4. The Hall–Kier alpha value is -1.73. The first-order valence-corrected chi connectivity index (χ1v) is 18.7. The van der Waals surface area contributed by atoms with Crippen molar-refractivity contribution in [1.82, 2.24) is 10.6 Å². The van der Waals surface area contributed by atoms with Gasteiger partial charge < -0.3 is 20.8 Å². The summed E-state index contributed by atoms with van der Waals surface area (Å²) in [5.41, 5.74) is 0.235. The monoisotopic (exact) mass is 639 g/mol. The Bertz CT molecular complexity index is 738. The van der Waals surface area contributed by atoms with Crippen LogP contribution in [-0.4, -0.2) is 41.4 Å². The lowest BCUT2D eigenvalue weighted by atomic mass is 10.0. The minimum Gasteiger partial charge on any atom is -0.396 e. The van der Waals surface area contributed by atoms with Gasteiger partial charge in [-0.15, -0.1) is 0 Å². The molecule has 1 amide bonds. The normalized spacial score (nSPS) is 16.6. The molecule has 1 aliphatic carbocycles. The Morgan fingerprint density at radius 3 is 1.22 bits per heavy atom. The number of aliphatic hydroxyl groups excluding tert-OH is 2. The molecule has 5 nitrogen and oxygen atoms in total. The molecule has 1 rings (SSSR count). The maximum atomic E-state index is 14.4. The lowest BCUT2D eigenvalue weighted by Gasteiger charge is -2.08. The highest BCUT2D eigenvalue weighted by Crippen LogP contribution is 2.25. The van der Waals surface area contributed by atoms with Crippen molar-refractivity contribution >= 4 is 5.91 Å². The van der Waals surface area contributed by atoms with Gasteiger partial charge in [0.2, 0.25) is 0 Å². The molecule has 0 unspecified atom stereocenters. The largest absolute Gasteiger partial charge is 0.396 e. The Morgan fingerprint density at radius 2 is 0.844 bits per heavy atom. The lowest BCUT2D eigenvalue weighted by Crippen LogP contribution is -2.32. The van der Waals surface area contributed by atoms with Gasteiger partial charge in [-0.3, -0.25) is 4.79 Å². The van der Waals surface area contributed by atoms with E-state index in [2.05, 4.69) is 17.2 Å². The van der Waals surface area contributed by atoms with E-state index in [-0.39, 0.29) is 23.6 Å². The number of carbonyl (C=O) groups is 1. The van der Waals surface area contributed by atoms with E-state index in [0.717, 1.165) is 57.8 Å². The van der Waals surface area contributed by atoms with Crippen LogP contribution in [0.2, 0.25) is 0 Å². The molecule has 0 aromatic carbocycles. The van der Waals surface area contributed by atoms with E-state index in [9.17, 15) is 13.6 Å². The first-order chi connectivity index (χ1) is 22.0. The van der Waals surface area contributed by atoms with Crippen LogP contribution in [0.25, 0.3) is 0 Å². The summed E-state index contributed by atoms with van der Waals surface area (Å²) in [6.07, 6.45) is 33.1. The summed E-state index contributed by atoms with van der Waals surface area (Å²) in [5.74, 6) is -1.76. The molecular formula is C38H68F2N2O3. The number of halogens is 2. The van der Waals surface area contributed by atoms with E-state index in [1.54, 1.807) is 6.08 Å². The van der Waals surface area contributed by atoms with Crippen molar-refractivity contribution in [3.8, 4) is 0 Å². The molecule has 0 spiro atoms. The number of amides is 1. The van der Waals surface area contributed by atoms with Gasteiger partial charge in [0.25, 0.3) is 5.91 Å².